The molecule has 0 amide bonds. The molecule has 16 heavy (non-hydrogen) atoms. The molecule has 2 atom stereocenters. The van der Waals surface area contributed by atoms with E-state index in [0.29, 0.717) is 6.04 Å². The van der Waals surface area contributed by atoms with Gasteiger partial charge < -0.3 is 4.74 Å². The Bertz CT molecular complexity index is 324. The lowest BCUT2D eigenvalue weighted by atomic mass is 10.0. The molecule has 5 nitrogen and oxygen atoms in total. The van der Waals surface area contributed by atoms with Crippen molar-refractivity contribution in [2.45, 2.75) is 25.3 Å². The summed E-state index contributed by atoms with van der Waals surface area (Å²) >= 11 is 0. The minimum Gasteiger partial charge on any atom is -0.379 e. The second-order valence-corrected chi connectivity index (χ2v) is 6.15. The van der Waals surface area contributed by atoms with E-state index in [1.807, 2.05) is 0 Å². The molecule has 2 fully saturated rings. The van der Waals surface area contributed by atoms with Gasteiger partial charge in [0.15, 0.2) is 0 Å². The summed E-state index contributed by atoms with van der Waals surface area (Å²) in [6, 6.07) is 0.311. The molecule has 6 heteroatoms. The minimum atomic E-state index is -3.84. The van der Waals surface area contributed by atoms with Crippen molar-refractivity contribution in [2.24, 2.45) is 5.92 Å². The summed E-state index contributed by atoms with van der Waals surface area (Å²) in [7, 11) is -3.84. The summed E-state index contributed by atoms with van der Waals surface area (Å²) in [5.74, 6) is 0.00256. The summed E-state index contributed by atoms with van der Waals surface area (Å²) in [5, 5.41) is 0. The molecule has 94 valence electrons. The topological polar surface area (TPSA) is 66.8 Å². The molecule has 1 aliphatic carbocycles. The van der Waals surface area contributed by atoms with Crippen LogP contribution in [0, 0.1) is 5.92 Å². The second kappa shape index (κ2) is 5.00. The molecule has 0 aromatic rings. The zero-order valence-corrected chi connectivity index (χ0v) is 10.2. The lowest BCUT2D eigenvalue weighted by Crippen LogP contribution is -2.46. The molecule has 2 rings (SSSR count). The summed E-state index contributed by atoms with van der Waals surface area (Å²) in [6.07, 6.45) is 3.00. The van der Waals surface area contributed by atoms with E-state index >= 15 is 0 Å². The van der Waals surface area contributed by atoms with E-state index in [2.05, 4.69) is 4.90 Å². The van der Waals surface area contributed by atoms with Crippen molar-refractivity contribution in [3.05, 3.63) is 0 Å². The Hall–Kier alpha value is -0.170. The van der Waals surface area contributed by atoms with E-state index in [4.69, 9.17) is 9.29 Å². The highest BCUT2D eigenvalue weighted by Gasteiger charge is 2.35. The van der Waals surface area contributed by atoms with Crippen LogP contribution in [0.1, 0.15) is 19.3 Å². The number of hydrogen-bond donors (Lipinski definition) is 1. The quantitative estimate of drug-likeness (QED) is 0.732. The smallest absolute Gasteiger partial charge is 0.265 e. The van der Waals surface area contributed by atoms with Gasteiger partial charge in [-0.05, 0) is 18.8 Å². The van der Waals surface area contributed by atoms with Gasteiger partial charge in [-0.15, -0.1) is 0 Å². The van der Waals surface area contributed by atoms with Crippen molar-refractivity contribution in [2.75, 3.05) is 32.1 Å². The van der Waals surface area contributed by atoms with E-state index in [9.17, 15) is 8.42 Å². The van der Waals surface area contributed by atoms with Crippen molar-refractivity contribution in [1.82, 2.24) is 4.90 Å². The Balaban J connectivity index is 1.97. The Morgan fingerprint density at radius 3 is 2.56 bits per heavy atom. The summed E-state index contributed by atoms with van der Waals surface area (Å²) in [4.78, 5) is 2.31. The van der Waals surface area contributed by atoms with Crippen LogP contribution in [-0.4, -0.2) is 56.0 Å². The van der Waals surface area contributed by atoms with Crippen LogP contribution in [0.15, 0.2) is 0 Å². The molecule has 0 spiro atoms. The maximum atomic E-state index is 10.9. The Morgan fingerprint density at radius 2 is 1.94 bits per heavy atom. The van der Waals surface area contributed by atoms with Gasteiger partial charge in [-0.2, -0.15) is 8.42 Å². The van der Waals surface area contributed by atoms with Crippen molar-refractivity contribution in [1.29, 1.82) is 0 Å². The van der Waals surface area contributed by atoms with Gasteiger partial charge in [-0.25, -0.2) is 0 Å². The SMILES string of the molecule is O=S(=O)(O)CC1CCCC1N1CCOCC1. The van der Waals surface area contributed by atoms with Gasteiger partial charge in [0.1, 0.15) is 0 Å². The minimum absolute atomic E-state index is 0.0883. The van der Waals surface area contributed by atoms with E-state index in [1.165, 1.54) is 0 Å². The molecule has 0 bridgehead atoms. The van der Waals surface area contributed by atoms with E-state index < -0.39 is 10.1 Å². The molecule has 1 aliphatic heterocycles. The molecule has 1 N–H and O–H groups in total. The average molecular weight is 249 g/mol. The monoisotopic (exact) mass is 249 g/mol. The molecule has 0 aromatic carbocycles. The fraction of sp³-hybridized carbons (Fsp3) is 1.00. The third-order valence-corrected chi connectivity index (χ3v) is 4.41. The van der Waals surface area contributed by atoms with Crippen LogP contribution in [0.5, 0.6) is 0 Å². The average Bonchev–Trinajstić information content (AvgIpc) is 2.64. The summed E-state index contributed by atoms with van der Waals surface area (Å²) in [5.41, 5.74) is 0. The molecule has 1 heterocycles. The first-order chi connectivity index (χ1) is 7.56. The second-order valence-electron chi connectivity index (χ2n) is 4.66. The normalized spacial score (nSPS) is 33.1. The summed E-state index contributed by atoms with van der Waals surface area (Å²) in [6.45, 7) is 3.23. The Labute approximate surface area is 96.5 Å². The largest absolute Gasteiger partial charge is 0.379 e. The van der Waals surface area contributed by atoms with Gasteiger partial charge in [0.2, 0.25) is 0 Å². The fourth-order valence-electron chi connectivity index (χ4n) is 2.87. The number of ether oxygens (including phenoxy) is 1. The van der Waals surface area contributed by atoms with Crippen molar-refractivity contribution in [3.63, 3.8) is 0 Å². The highest BCUT2D eigenvalue weighted by Crippen LogP contribution is 2.31. The van der Waals surface area contributed by atoms with Crippen molar-refractivity contribution in [3.8, 4) is 0 Å². The molecule has 1 saturated carbocycles. The predicted molar refractivity (Wildman–Crippen MR) is 59.9 cm³/mol. The van der Waals surface area contributed by atoms with Crippen molar-refractivity contribution >= 4 is 10.1 Å². The van der Waals surface area contributed by atoms with Gasteiger partial charge in [0.05, 0.1) is 19.0 Å². The molecule has 0 aromatic heterocycles. The summed E-state index contributed by atoms with van der Waals surface area (Å²) < 4.78 is 36.1. The first-order valence-electron chi connectivity index (χ1n) is 5.83. The maximum Gasteiger partial charge on any atom is 0.265 e. The van der Waals surface area contributed by atoms with Gasteiger partial charge in [0, 0.05) is 19.1 Å². The lowest BCUT2D eigenvalue weighted by Gasteiger charge is -2.35. The molecule has 2 unspecified atom stereocenters. The van der Waals surface area contributed by atoms with Crippen LogP contribution in [0.4, 0.5) is 0 Å². The lowest BCUT2D eigenvalue weighted by molar-refractivity contribution is 0.0101. The Morgan fingerprint density at radius 1 is 1.25 bits per heavy atom. The number of rotatable bonds is 3. The fourth-order valence-corrected chi connectivity index (χ4v) is 3.80. The van der Waals surface area contributed by atoms with Crippen LogP contribution >= 0.6 is 0 Å². The van der Waals surface area contributed by atoms with E-state index in [0.717, 1.165) is 45.6 Å². The van der Waals surface area contributed by atoms with E-state index in [1.54, 1.807) is 0 Å². The highest BCUT2D eigenvalue weighted by atomic mass is 32.2. The van der Waals surface area contributed by atoms with Gasteiger partial charge >= 0.3 is 0 Å². The van der Waals surface area contributed by atoms with E-state index in [-0.39, 0.29) is 11.7 Å². The van der Waals surface area contributed by atoms with Crippen molar-refractivity contribution < 1.29 is 17.7 Å². The molecular formula is C10H19NO4S. The number of hydrogen-bond acceptors (Lipinski definition) is 4. The van der Waals surface area contributed by atoms with Crippen LogP contribution < -0.4 is 0 Å². The van der Waals surface area contributed by atoms with Crippen LogP contribution in [0.3, 0.4) is 0 Å². The van der Waals surface area contributed by atoms with Crippen LogP contribution in [-0.2, 0) is 14.9 Å². The molecule has 0 radical (unpaired) electrons. The maximum absolute atomic E-state index is 10.9. The third kappa shape index (κ3) is 3.16. The number of nitrogens with zero attached hydrogens (tertiary/aromatic N) is 1. The van der Waals surface area contributed by atoms with Gasteiger partial charge in [0.25, 0.3) is 10.1 Å². The zero-order valence-electron chi connectivity index (χ0n) is 9.34. The van der Waals surface area contributed by atoms with Gasteiger partial charge in [-0.1, -0.05) is 6.42 Å². The standard InChI is InChI=1S/C10H19NO4S/c12-16(13,14)8-9-2-1-3-10(9)11-4-6-15-7-5-11/h9-10H,1-8H2,(H,12,13,14). The van der Waals surface area contributed by atoms with Gasteiger partial charge in [-0.3, -0.25) is 9.45 Å². The molecular weight excluding hydrogens is 230 g/mol. The zero-order chi connectivity index (χ0) is 11.6. The van der Waals surface area contributed by atoms with Crippen LogP contribution in [0.2, 0.25) is 0 Å². The third-order valence-electron chi connectivity index (χ3n) is 3.56. The first-order valence-corrected chi connectivity index (χ1v) is 7.44. The highest BCUT2D eigenvalue weighted by molar-refractivity contribution is 7.85. The first kappa shape index (κ1) is 12.3. The van der Waals surface area contributed by atoms with Crippen LogP contribution in [0.25, 0.3) is 0 Å². The molecule has 2 aliphatic rings. The molecule has 1 saturated heterocycles. The number of morpholine rings is 1. The Kier molecular flexibility index (Phi) is 3.84. The predicted octanol–water partition coefficient (Wildman–Crippen LogP) is 0.375.